The van der Waals surface area contributed by atoms with E-state index in [9.17, 15) is 4.79 Å². The van der Waals surface area contributed by atoms with Crippen LogP contribution in [0.1, 0.15) is 61.9 Å². The Balaban J connectivity index is 1.49. The highest BCUT2D eigenvalue weighted by atomic mass is 16.5. The highest BCUT2D eigenvalue weighted by Gasteiger charge is 2.43. The molecular formula is C19H23N3O2. The second-order valence-corrected chi connectivity index (χ2v) is 7.13. The molecule has 2 aromatic rings. The predicted octanol–water partition coefficient (Wildman–Crippen LogP) is 3.97. The average molecular weight is 325 g/mol. The van der Waals surface area contributed by atoms with E-state index in [1.165, 1.54) is 44.9 Å². The minimum absolute atomic E-state index is 0.150. The number of carbonyl (C=O) groups is 1. The van der Waals surface area contributed by atoms with Crippen LogP contribution < -0.4 is 5.32 Å². The summed E-state index contributed by atoms with van der Waals surface area (Å²) in [4.78, 5) is 16.9. The third-order valence-corrected chi connectivity index (χ3v) is 5.72. The monoisotopic (exact) mass is 325 g/mol. The molecule has 2 aromatic heterocycles. The number of hydrogen-bond donors (Lipinski definition) is 1. The van der Waals surface area contributed by atoms with Crippen LogP contribution in [0.3, 0.4) is 0 Å². The Morgan fingerprint density at radius 1 is 1.12 bits per heavy atom. The second-order valence-electron chi connectivity index (χ2n) is 7.13. The van der Waals surface area contributed by atoms with Crippen LogP contribution in [0.25, 0.3) is 11.4 Å². The van der Waals surface area contributed by atoms with Gasteiger partial charge in [0.15, 0.2) is 0 Å². The van der Waals surface area contributed by atoms with E-state index < -0.39 is 0 Å². The first-order chi connectivity index (χ1) is 11.8. The molecule has 1 atom stereocenters. The van der Waals surface area contributed by atoms with Crippen LogP contribution in [-0.4, -0.2) is 22.1 Å². The van der Waals surface area contributed by atoms with Crippen LogP contribution >= 0.6 is 0 Å². The lowest BCUT2D eigenvalue weighted by atomic mass is 9.69. The Hall–Kier alpha value is -2.17. The summed E-state index contributed by atoms with van der Waals surface area (Å²) in [5.74, 6) is 0.122. The van der Waals surface area contributed by atoms with Gasteiger partial charge < -0.3 is 9.84 Å². The van der Waals surface area contributed by atoms with Crippen molar-refractivity contribution in [1.82, 2.24) is 15.5 Å². The summed E-state index contributed by atoms with van der Waals surface area (Å²) in [7, 11) is 0. The van der Waals surface area contributed by atoms with Crippen molar-refractivity contribution in [2.75, 3.05) is 0 Å². The Morgan fingerprint density at radius 2 is 1.92 bits per heavy atom. The normalized spacial score (nSPS) is 22.6. The molecule has 1 spiro atoms. The molecule has 2 fully saturated rings. The molecule has 126 valence electrons. The van der Waals surface area contributed by atoms with Crippen molar-refractivity contribution in [3.8, 4) is 11.4 Å². The number of amides is 1. The first-order valence-corrected chi connectivity index (χ1v) is 8.96. The second kappa shape index (κ2) is 6.38. The smallest absolute Gasteiger partial charge is 0.290 e. The zero-order valence-electron chi connectivity index (χ0n) is 13.8. The van der Waals surface area contributed by atoms with Gasteiger partial charge in [0.25, 0.3) is 5.91 Å². The lowest BCUT2D eigenvalue weighted by Crippen LogP contribution is -2.48. The zero-order chi connectivity index (χ0) is 16.4. The van der Waals surface area contributed by atoms with E-state index >= 15 is 0 Å². The Labute approximate surface area is 141 Å². The molecule has 0 bridgehead atoms. The Morgan fingerprint density at radius 3 is 2.67 bits per heavy atom. The third-order valence-electron chi connectivity index (χ3n) is 5.72. The van der Waals surface area contributed by atoms with Gasteiger partial charge in [-0.05, 0) is 43.2 Å². The number of hydrogen-bond acceptors (Lipinski definition) is 4. The Bertz CT molecular complexity index is 704. The molecule has 5 heteroatoms. The largest absolute Gasteiger partial charge is 0.350 e. The summed E-state index contributed by atoms with van der Waals surface area (Å²) in [5, 5.41) is 7.23. The van der Waals surface area contributed by atoms with E-state index in [1.807, 2.05) is 18.2 Å². The summed E-state index contributed by atoms with van der Waals surface area (Å²) < 4.78 is 5.27. The maximum Gasteiger partial charge on any atom is 0.290 e. The van der Waals surface area contributed by atoms with E-state index in [2.05, 4.69) is 15.5 Å². The molecular weight excluding hydrogens is 302 g/mol. The number of nitrogens with zero attached hydrogens (tertiary/aromatic N) is 2. The van der Waals surface area contributed by atoms with Crippen molar-refractivity contribution in [3.05, 3.63) is 36.2 Å². The molecule has 2 aliphatic carbocycles. The van der Waals surface area contributed by atoms with Gasteiger partial charge in [-0.1, -0.05) is 36.9 Å². The first kappa shape index (κ1) is 15.4. The molecule has 1 N–H and O–H groups in total. The van der Waals surface area contributed by atoms with E-state index in [-0.39, 0.29) is 17.7 Å². The highest BCUT2D eigenvalue weighted by Crippen LogP contribution is 2.49. The summed E-state index contributed by atoms with van der Waals surface area (Å²) in [5.41, 5.74) is 1.63. The number of pyridine rings is 1. The van der Waals surface area contributed by atoms with Gasteiger partial charge in [0, 0.05) is 18.3 Å². The highest BCUT2D eigenvalue weighted by molar-refractivity contribution is 5.92. The maximum atomic E-state index is 12.6. The van der Waals surface area contributed by atoms with Gasteiger partial charge in [-0.15, -0.1) is 0 Å². The van der Waals surface area contributed by atoms with Crippen LogP contribution in [0, 0.1) is 5.41 Å². The molecule has 2 saturated carbocycles. The first-order valence-electron chi connectivity index (χ1n) is 8.96. The SMILES string of the molecule is O=C(NC1CCCCC12CCCC2)c1cc(-c2ccccn2)no1. The third kappa shape index (κ3) is 2.83. The number of rotatable bonds is 3. The van der Waals surface area contributed by atoms with E-state index in [0.29, 0.717) is 16.8 Å². The van der Waals surface area contributed by atoms with Crippen LogP contribution in [0.15, 0.2) is 35.0 Å². The topological polar surface area (TPSA) is 68.0 Å². The molecule has 4 rings (SSSR count). The van der Waals surface area contributed by atoms with Crippen molar-refractivity contribution in [1.29, 1.82) is 0 Å². The number of aromatic nitrogens is 2. The van der Waals surface area contributed by atoms with Gasteiger partial charge in [0.2, 0.25) is 5.76 Å². The zero-order valence-corrected chi connectivity index (χ0v) is 13.8. The number of nitrogens with one attached hydrogen (secondary N) is 1. The molecule has 1 amide bonds. The van der Waals surface area contributed by atoms with Crippen LogP contribution in [0.5, 0.6) is 0 Å². The van der Waals surface area contributed by atoms with Crippen molar-refractivity contribution in [3.63, 3.8) is 0 Å². The summed E-state index contributed by atoms with van der Waals surface area (Å²) >= 11 is 0. The van der Waals surface area contributed by atoms with Crippen LogP contribution in [0.2, 0.25) is 0 Å². The van der Waals surface area contributed by atoms with E-state index in [0.717, 1.165) is 6.42 Å². The number of carbonyl (C=O) groups excluding carboxylic acids is 1. The molecule has 5 nitrogen and oxygen atoms in total. The van der Waals surface area contributed by atoms with Gasteiger partial charge in [-0.2, -0.15) is 0 Å². The fourth-order valence-electron chi connectivity index (χ4n) is 4.46. The van der Waals surface area contributed by atoms with E-state index in [4.69, 9.17) is 4.52 Å². The quantitative estimate of drug-likeness (QED) is 0.927. The molecule has 0 saturated heterocycles. The van der Waals surface area contributed by atoms with Gasteiger partial charge in [0.05, 0.1) is 5.69 Å². The predicted molar refractivity (Wildman–Crippen MR) is 90.4 cm³/mol. The maximum absolute atomic E-state index is 12.6. The molecule has 2 aliphatic rings. The average Bonchev–Trinajstić information content (AvgIpc) is 3.28. The summed E-state index contributed by atoms with van der Waals surface area (Å²) in [6.45, 7) is 0. The van der Waals surface area contributed by atoms with Gasteiger partial charge in [-0.3, -0.25) is 9.78 Å². The van der Waals surface area contributed by atoms with Crippen molar-refractivity contribution in [2.24, 2.45) is 5.41 Å². The standard InChI is InChI=1S/C19H23N3O2/c23-18(16-13-15(22-24-16)14-7-2-6-12-20-14)21-17-8-1-3-9-19(17)10-4-5-11-19/h2,6-7,12-13,17H,1,3-5,8-11H2,(H,21,23). The van der Waals surface area contributed by atoms with Gasteiger partial charge >= 0.3 is 0 Å². The van der Waals surface area contributed by atoms with Crippen molar-refractivity contribution < 1.29 is 9.32 Å². The fraction of sp³-hybridized carbons (Fsp3) is 0.526. The van der Waals surface area contributed by atoms with E-state index in [1.54, 1.807) is 12.3 Å². The summed E-state index contributed by atoms with van der Waals surface area (Å²) in [6, 6.07) is 7.55. The molecule has 1 unspecified atom stereocenters. The lowest BCUT2D eigenvalue weighted by Gasteiger charge is -2.41. The fourth-order valence-corrected chi connectivity index (χ4v) is 4.46. The Kier molecular flexibility index (Phi) is 4.08. The molecule has 24 heavy (non-hydrogen) atoms. The lowest BCUT2D eigenvalue weighted by molar-refractivity contribution is 0.0771. The molecule has 2 heterocycles. The molecule has 0 radical (unpaired) electrons. The molecule has 0 aliphatic heterocycles. The van der Waals surface area contributed by atoms with Crippen molar-refractivity contribution >= 4 is 5.91 Å². The minimum Gasteiger partial charge on any atom is -0.350 e. The van der Waals surface area contributed by atoms with Crippen LogP contribution in [0.4, 0.5) is 0 Å². The molecule has 0 aromatic carbocycles. The van der Waals surface area contributed by atoms with Gasteiger partial charge in [0.1, 0.15) is 5.69 Å². The van der Waals surface area contributed by atoms with Gasteiger partial charge in [-0.25, -0.2) is 0 Å². The van der Waals surface area contributed by atoms with Crippen molar-refractivity contribution in [2.45, 2.75) is 57.4 Å². The van der Waals surface area contributed by atoms with Crippen LogP contribution in [-0.2, 0) is 0 Å². The minimum atomic E-state index is -0.150. The summed E-state index contributed by atoms with van der Waals surface area (Å²) in [6.07, 6.45) is 11.6.